The first-order valence-electron chi connectivity index (χ1n) is 6.08. The fourth-order valence-electron chi connectivity index (χ4n) is 2.28. The molecule has 0 radical (unpaired) electrons. The number of alkyl halides is 3. The van der Waals surface area contributed by atoms with E-state index in [1.807, 2.05) is 17.0 Å². The van der Waals surface area contributed by atoms with E-state index in [0.717, 1.165) is 12.0 Å². The van der Waals surface area contributed by atoms with E-state index in [4.69, 9.17) is 0 Å². The van der Waals surface area contributed by atoms with Crippen LogP contribution < -0.4 is 4.90 Å². The van der Waals surface area contributed by atoms with Crippen LogP contribution in [0.5, 0.6) is 0 Å². The van der Waals surface area contributed by atoms with Crippen LogP contribution in [0.4, 0.5) is 18.9 Å². The van der Waals surface area contributed by atoms with Gasteiger partial charge >= 0.3 is 6.18 Å². The van der Waals surface area contributed by atoms with Gasteiger partial charge in [0.25, 0.3) is 0 Å². The Balaban J connectivity index is 1.98. The van der Waals surface area contributed by atoms with E-state index >= 15 is 0 Å². The van der Waals surface area contributed by atoms with Crippen molar-refractivity contribution >= 4 is 12.0 Å². The van der Waals surface area contributed by atoms with Gasteiger partial charge < -0.3 is 4.90 Å². The molecule has 19 heavy (non-hydrogen) atoms. The summed E-state index contributed by atoms with van der Waals surface area (Å²) in [6.45, 7) is 0.845. The Morgan fingerprint density at radius 1 is 1.11 bits per heavy atom. The summed E-state index contributed by atoms with van der Waals surface area (Å²) in [6, 6.07) is 7.13. The second-order valence-electron chi connectivity index (χ2n) is 4.56. The summed E-state index contributed by atoms with van der Waals surface area (Å²) >= 11 is 0. The Bertz CT molecular complexity index is 440. The highest BCUT2D eigenvalue weighted by Crippen LogP contribution is 2.22. The molecule has 0 bridgehead atoms. The number of nitrogens with zero attached hydrogens (tertiary/aromatic N) is 2. The SMILES string of the molecule is O=Cc1ccccc1N1CCN(CC(F)(F)F)CC1. The molecule has 0 atom stereocenters. The highest BCUT2D eigenvalue weighted by molar-refractivity contribution is 5.84. The lowest BCUT2D eigenvalue weighted by molar-refractivity contribution is -0.146. The van der Waals surface area contributed by atoms with Crippen molar-refractivity contribution in [2.45, 2.75) is 6.18 Å². The predicted octanol–water partition coefficient (Wildman–Crippen LogP) is 2.18. The number of anilines is 1. The maximum atomic E-state index is 12.3. The van der Waals surface area contributed by atoms with Crippen molar-refractivity contribution in [3.05, 3.63) is 29.8 Å². The van der Waals surface area contributed by atoms with Gasteiger partial charge in [-0.2, -0.15) is 13.2 Å². The number of piperazine rings is 1. The number of hydrogen-bond donors (Lipinski definition) is 0. The molecular weight excluding hydrogens is 257 g/mol. The van der Waals surface area contributed by atoms with E-state index in [9.17, 15) is 18.0 Å². The van der Waals surface area contributed by atoms with E-state index in [2.05, 4.69) is 0 Å². The Hall–Kier alpha value is -1.56. The Morgan fingerprint density at radius 3 is 2.32 bits per heavy atom. The van der Waals surface area contributed by atoms with E-state index < -0.39 is 12.7 Å². The summed E-state index contributed by atoms with van der Waals surface area (Å²) in [6.07, 6.45) is -3.37. The van der Waals surface area contributed by atoms with Crippen LogP contribution in [-0.2, 0) is 0 Å². The van der Waals surface area contributed by atoms with Crippen molar-refractivity contribution in [1.82, 2.24) is 4.90 Å². The Labute approximate surface area is 109 Å². The third-order valence-electron chi connectivity index (χ3n) is 3.18. The smallest absolute Gasteiger partial charge is 0.368 e. The van der Waals surface area contributed by atoms with Crippen molar-refractivity contribution < 1.29 is 18.0 Å². The third-order valence-corrected chi connectivity index (χ3v) is 3.18. The van der Waals surface area contributed by atoms with Gasteiger partial charge in [-0.25, -0.2) is 0 Å². The van der Waals surface area contributed by atoms with E-state index in [1.165, 1.54) is 4.90 Å². The number of aldehydes is 1. The molecule has 1 aromatic carbocycles. The maximum absolute atomic E-state index is 12.3. The van der Waals surface area contributed by atoms with E-state index in [1.54, 1.807) is 12.1 Å². The lowest BCUT2D eigenvalue weighted by Crippen LogP contribution is -2.49. The lowest BCUT2D eigenvalue weighted by Gasteiger charge is -2.36. The average molecular weight is 272 g/mol. The third kappa shape index (κ3) is 3.70. The van der Waals surface area contributed by atoms with Gasteiger partial charge in [-0.1, -0.05) is 12.1 Å². The van der Waals surface area contributed by atoms with Gasteiger partial charge in [0.15, 0.2) is 6.29 Å². The highest BCUT2D eigenvalue weighted by Gasteiger charge is 2.32. The van der Waals surface area contributed by atoms with E-state index in [-0.39, 0.29) is 0 Å². The standard InChI is InChI=1S/C13H15F3N2O/c14-13(15,16)10-17-5-7-18(8-6-17)12-4-2-1-3-11(12)9-19/h1-4,9H,5-8,10H2. The van der Waals surface area contributed by atoms with Crippen LogP contribution in [0.3, 0.4) is 0 Å². The van der Waals surface area contributed by atoms with Gasteiger partial charge in [0.1, 0.15) is 0 Å². The fourth-order valence-corrected chi connectivity index (χ4v) is 2.28. The van der Waals surface area contributed by atoms with Crippen molar-refractivity contribution in [3.63, 3.8) is 0 Å². The molecular formula is C13H15F3N2O. The lowest BCUT2D eigenvalue weighted by atomic mass is 10.1. The van der Waals surface area contributed by atoms with Crippen molar-refractivity contribution in [2.75, 3.05) is 37.6 Å². The molecule has 104 valence electrons. The first-order valence-corrected chi connectivity index (χ1v) is 6.08. The molecule has 0 N–H and O–H groups in total. The Kier molecular flexibility index (Phi) is 4.09. The van der Waals surface area contributed by atoms with Crippen LogP contribution in [0.2, 0.25) is 0 Å². The second-order valence-corrected chi connectivity index (χ2v) is 4.56. The minimum Gasteiger partial charge on any atom is -0.368 e. The molecule has 0 aliphatic carbocycles. The van der Waals surface area contributed by atoms with Crippen LogP contribution in [0.25, 0.3) is 0 Å². The summed E-state index contributed by atoms with van der Waals surface area (Å²) in [5, 5.41) is 0. The Morgan fingerprint density at radius 2 is 1.74 bits per heavy atom. The zero-order chi connectivity index (χ0) is 13.9. The first-order chi connectivity index (χ1) is 8.99. The number of hydrogen-bond acceptors (Lipinski definition) is 3. The molecule has 2 rings (SSSR count). The molecule has 1 aromatic rings. The van der Waals surface area contributed by atoms with Gasteiger partial charge in [-0.15, -0.1) is 0 Å². The fraction of sp³-hybridized carbons (Fsp3) is 0.462. The van der Waals surface area contributed by atoms with Crippen LogP contribution in [-0.4, -0.2) is 50.1 Å². The van der Waals surface area contributed by atoms with Crippen molar-refractivity contribution in [3.8, 4) is 0 Å². The monoisotopic (exact) mass is 272 g/mol. The van der Waals surface area contributed by atoms with Gasteiger partial charge in [0, 0.05) is 37.4 Å². The molecule has 1 heterocycles. The first kappa shape index (κ1) is 13.9. The molecule has 6 heteroatoms. The molecule has 3 nitrogen and oxygen atoms in total. The topological polar surface area (TPSA) is 23.6 Å². The molecule has 1 fully saturated rings. The second kappa shape index (κ2) is 5.61. The summed E-state index contributed by atoms with van der Waals surface area (Å²) in [5.41, 5.74) is 1.37. The summed E-state index contributed by atoms with van der Waals surface area (Å²) in [4.78, 5) is 14.3. The number of para-hydroxylation sites is 1. The summed E-state index contributed by atoms with van der Waals surface area (Å²) < 4.78 is 36.8. The summed E-state index contributed by atoms with van der Waals surface area (Å²) in [5.74, 6) is 0. The average Bonchev–Trinajstić information content (AvgIpc) is 2.38. The molecule has 1 aliphatic rings. The molecule has 0 aromatic heterocycles. The van der Waals surface area contributed by atoms with Crippen LogP contribution >= 0.6 is 0 Å². The molecule has 0 unspecified atom stereocenters. The van der Waals surface area contributed by atoms with Crippen molar-refractivity contribution in [2.24, 2.45) is 0 Å². The predicted molar refractivity (Wildman–Crippen MR) is 66.5 cm³/mol. The largest absolute Gasteiger partial charge is 0.401 e. The van der Waals surface area contributed by atoms with Crippen LogP contribution in [0, 0.1) is 0 Å². The molecule has 1 aliphatic heterocycles. The van der Waals surface area contributed by atoms with Crippen LogP contribution in [0.15, 0.2) is 24.3 Å². The zero-order valence-corrected chi connectivity index (χ0v) is 10.4. The molecule has 0 saturated carbocycles. The molecule has 1 saturated heterocycles. The number of rotatable bonds is 3. The number of benzene rings is 1. The quantitative estimate of drug-likeness (QED) is 0.788. The molecule has 0 amide bonds. The number of carbonyl (C=O) groups is 1. The van der Waals surface area contributed by atoms with Gasteiger partial charge in [0.2, 0.25) is 0 Å². The number of carbonyl (C=O) groups excluding carboxylic acids is 1. The van der Waals surface area contributed by atoms with Gasteiger partial charge in [-0.3, -0.25) is 9.69 Å². The number of halogens is 3. The molecule has 0 spiro atoms. The van der Waals surface area contributed by atoms with E-state index in [0.29, 0.717) is 31.7 Å². The highest BCUT2D eigenvalue weighted by atomic mass is 19.4. The van der Waals surface area contributed by atoms with Crippen molar-refractivity contribution in [1.29, 1.82) is 0 Å². The minimum atomic E-state index is -4.15. The maximum Gasteiger partial charge on any atom is 0.401 e. The van der Waals surface area contributed by atoms with Gasteiger partial charge in [-0.05, 0) is 12.1 Å². The normalized spacial score (nSPS) is 17.5. The zero-order valence-electron chi connectivity index (χ0n) is 10.4. The minimum absolute atomic E-state index is 0.354. The van der Waals surface area contributed by atoms with Crippen LogP contribution in [0.1, 0.15) is 10.4 Å². The van der Waals surface area contributed by atoms with Gasteiger partial charge in [0.05, 0.1) is 6.54 Å². The summed E-state index contributed by atoms with van der Waals surface area (Å²) in [7, 11) is 0.